The van der Waals surface area contributed by atoms with Crippen LogP contribution in [0.4, 0.5) is 0 Å². The zero-order valence-electron chi connectivity index (χ0n) is 6.56. The monoisotopic (exact) mass is 292 g/mol. The minimum Gasteiger partial charge on any atom is -0.396 e. The molecule has 0 aliphatic rings. The van der Waals surface area contributed by atoms with Gasteiger partial charge in [-0.3, -0.25) is 0 Å². The van der Waals surface area contributed by atoms with Crippen molar-refractivity contribution >= 4 is 31.9 Å². The first-order valence-corrected chi connectivity index (χ1v) is 5.38. The standard InChI is InChI=1S/C9H10Br2O/c10-8-4-1-5-9(11)7(8)3-2-6-12/h1,4-5,12H,2-3,6H2. The van der Waals surface area contributed by atoms with Gasteiger partial charge in [0.05, 0.1) is 0 Å². The molecule has 0 aromatic heterocycles. The van der Waals surface area contributed by atoms with E-state index in [0.717, 1.165) is 21.8 Å². The molecule has 0 saturated carbocycles. The molecule has 0 saturated heterocycles. The minimum atomic E-state index is 0.244. The van der Waals surface area contributed by atoms with Crippen molar-refractivity contribution in [2.24, 2.45) is 0 Å². The maximum absolute atomic E-state index is 8.68. The molecule has 1 aromatic carbocycles. The maximum Gasteiger partial charge on any atom is 0.0434 e. The first-order valence-electron chi connectivity index (χ1n) is 3.79. The van der Waals surface area contributed by atoms with Crippen molar-refractivity contribution in [3.8, 4) is 0 Å². The van der Waals surface area contributed by atoms with Crippen LogP contribution in [0.3, 0.4) is 0 Å². The van der Waals surface area contributed by atoms with Gasteiger partial charge in [-0.2, -0.15) is 0 Å². The maximum atomic E-state index is 8.68. The van der Waals surface area contributed by atoms with Crippen LogP contribution in [0.1, 0.15) is 12.0 Å². The topological polar surface area (TPSA) is 20.2 Å². The number of hydrogen-bond acceptors (Lipinski definition) is 1. The number of aliphatic hydroxyl groups is 1. The van der Waals surface area contributed by atoms with Crippen molar-refractivity contribution < 1.29 is 5.11 Å². The molecule has 0 atom stereocenters. The van der Waals surface area contributed by atoms with E-state index in [9.17, 15) is 0 Å². The predicted molar refractivity (Wildman–Crippen MR) is 57.2 cm³/mol. The van der Waals surface area contributed by atoms with E-state index in [4.69, 9.17) is 5.11 Å². The fraction of sp³-hybridized carbons (Fsp3) is 0.333. The molecule has 12 heavy (non-hydrogen) atoms. The summed E-state index contributed by atoms with van der Waals surface area (Å²) in [4.78, 5) is 0. The molecule has 3 heteroatoms. The Morgan fingerprint density at radius 3 is 2.25 bits per heavy atom. The lowest BCUT2D eigenvalue weighted by Gasteiger charge is -2.05. The van der Waals surface area contributed by atoms with Gasteiger partial charge in [0.1, 0.15) is 0 Å². The van der Waals surface area contributed by atoms with Crippen molar-refractivity contribution in [2.45, 2.75) is 12.8 Å². The molecule has 0 unspecified atom stereocenters. The second-order valence-electron chi connectivity index (χ2n) is 2.53. The van der Waals surface area contributed by atoms with E-state index >= 15 is 0 Å². The van der Waals surface area contributed by atoms with Crippen molar-refractivity contribution in [3.63, 3.8) is 0 Å². The summed E-state index contributed by atoms with van der Waals surface area (Å²) in [5.74, 6) is 0. The minimum absolute atomic E-state index is 0.244. The average molecular weight is 294 g/mol. The Bertz CT molecular complexity index is 240. The van der Waals surface area contributed by atoms with Gasteiger partial charge in [0, 0.05) is 15.6 Å². The highest BCUT2D eigenvalue weighted by Gasteiger charge is 2.02. The number of halogens is 2. The van der Waals surface area contributed by atoms with E-state index in [0.29, 0.717) is 0 Å². The third-order valence-corrected chi connectivity index (χ3v) is 3.13. The van der Waals surface area contributed by atoms with Crippen LogP contribution in [-0.4, -0.2) is 11.7 Å². The smallest absolute Gasteiger partial charge is 0.0434 e. The molecule has 1 rings (SSSR count). The summed E-state index contributed by atoms with van der Waals surface area (Å²) < 4.78 is 2.20. The van der Waals surface area contributed by atoms with E-state index in [1.807, 2.05) is 18.2 Å². The van der Waals surface area contributed by atoms with Gasteiger partial charge in [0.2, 0.25) is 0 Å². The van der Waals surface area contributed by atoms with Crippen LogP contribution in [0.2, 0.25) is 0 Å². The average Bonchev–Trinajstić information content (AvgIpc) is 2.04. The van der Waals surface area contributed by atoms with Crippen molar-refractivity contribution in [1.82, 2.24) is 0 Å². The van der Waals surface area contributed by atoms with Gasteiger partial charge in [-0.1, -0.05) is 37.9 Å². The van der Waals surface area contributed by atoms with Crippen LogP contribution < -0.4 is 0 Å². The molecule has 0 bridgehead atoms. The molecule has 0 amide bonds. The largest absolute Gasteiger partial charge is 0.396 e. The van der Waals surface area contributed by atoms with Crippen LogP contribution in [-0.2, 0) is 6.42 Å². The molecule has 0 aliphatic heterocycles. The van der Waals surface area contributed by atoms with Crippen LogP contribution in [0.25, 0.3) is 0 Å². The molecular weight excluding hydrogens is 284 g/mol. The lowest BCUT2D eigenvalue weighted by Crippen LogP contribution is -1.91. The van der Waals surface area contributed by atoms with Gasteiger partial charge in [-0.25, -0.2) is 0 Å². The molecule has 0 radical (unpaired) electrons. The Labute approximate surface area is 89.1 Å². The fourth-order valence-corrected chi connectivity index (χ4v) is 2.42. The molecule has 1 nitrogen and oxygen atoms in total. The number of aliphatic hydroxyl groups excluding tert-OH is 1. The molecule has 0 spiro atoms. The summed E-state index contributed by atoms with van der Waals surface area (Å²) in [5, 5.41) is 8.68. The van der Waals surface area contributed by atoms with Crippen LogP contribution in [0.15, 0.2) is 27.1 Å². The van der Waals surface area contributed by atoms with Crippen LogP contribution in [0, 0.1) is 0 Å². The summed E-state index contributed by atoms with van der Waals surface area (Å²) in [6.45, 7) is 0.244. The number of rotatable bonds is 3. The second-order valence-corrected chi connectivity index (χ2v) is 4.24. The SMILES string of the molecule is OCCCc1c(Br)cccc1Br. The molecule has 0 aliphatic carbocycles. The Morgan fingerprint density at radius 2 is 1.75 bits per heavy atom. The van der Waals surface area contributed by atoms with Gasteiger partial charge >= 0.3 is 0 Å². The third kappa shape index (κ3) is 2.57. The Kier molecular flexibility index (Phi) is 4.26. The molecule has 1 aromatic rings. The van der Waals surface area contributed by atoms with E-state index in [-0.39, 0.29) is 6.61 Å². The van der Waals surface area contributed by atoms with Gasteiger partial charge in [-0.05, 0) is 30.5 Å². The summed E-state index contributed by atoms with van der Waals surface area (Å²) in [7, 11) is 0. The van der Waals surface area contributed by atoms with Gasteiger partial charge in [0.25, 0.3) is 0 Å². The molecule has 0 heterocycles. The van der Waals surface area contributed by atoms with E-state index in [1.165, 1.54) is 5.56 Å². The first kappa shape index (κ1) is 10.2. The van der Waals surface area contributed by atoms with E-state index in [2.05, 4.69) is 31.9 Å². The summed E-state index contributed by atoms with van der Waals surface area (Å²) in [5.41, 5.74) is 1.23. The highest BCUT2D eigenvalue weighted by molar-refractivity contribution is 9.11. The number of hydrogen-bond donors (Lipinski definition) is 1. The normalized spacial score (nSPS) is 10.2. The summed E-state index contributed by atoms with van der Waals surface area (Å²) >= 11 is 6.93. The van der Waals surface area contributed by atoms with E-state index in [1.54, 1.807) is 0 Å². The Balaban J connectivity index is 2.81. The van der Waals surface area contributed by atoms with Gasteiger partial charge in [-0.15, -0.1) is 0 Å². The molecule has 1 N–H and O–H groups in total. The van der Waals surface area contributed by atoms with Gasteiger partial charge < -0.3 is 5.11 Å². The third-order valence-electron chi connectivity index (χ3n) is 1.65. The van der Waals surface area contributed by atoms with E-state index < -0.39 is 0 Å². The highest BCUT2D eigenvalue weighted by Crippen LogP contribution is 2.25. The van der Waals surface area contributed by atoms with Crippen LogP contribution >= 0.6 is 31.9 Å². The molecule has 66 valence electrons. The van der Waals surface area contributed by atoms with Crippen LogP contribution in [0.5, 0.6) is 0 Å². The lowest BCUT2D eigenvalue weighted by molar-refractivity contribution is 0.288. The fourth-order valence-electron chi connectivity index (χ4n) is 1.03. The summed E-state index contributed by atoms with van der Waals surface area (Å²) in [6.07, 6.45) is 1.71. The lowest BCUT2D eigenvalue weighted by atomic mass is 10.1. The molecular formula is C9H10Br2O. The Hall–Kier alpha value is 0.140. The summed E-state index contributed by atoms with van der Waals surface area (Å²) in [6, 6.07) is 6.01. The zero-order valence-corrected chi connectivity index (χ0v) is 9.73. The van der Waals surface area contributed by atoms with Gasteiger partial charge in [0.15, 0.2) is 0 Å². The zero-order chi connectivity index (χ0) is 8.97. The highest BCUT2D eigenvalue weighted by atomic mass is 79.9. The number of benzene rings is 1. The first-order chi connectivity index (χ1) is 5.75. The second kappa shape index (κ2) is 5.00. The molecule has 0 fully saturated rings. The Morgan fingerprint density at radius 1 is 1.17 bits per heavy atom. The van der Waals surface area contributed by atoms with Crippen molar-refractivity contribution in [3.05, 3.63) is 32.7 Å². The van der Waals surface area contributed by atoms with Crippen molar-refractivity contribution in [2.75, 3.05) is 6.61 Å². The quantitative estimate of drug-likeness (QED) is 0.908. The predicted octanol–water partition coefficient (Wildman–Crippen LogP) is 3.14. The van der Waals surface area contributed by atoms with Crippen molar-refractivity contribution in [1.29, 1.82) is 0 Å².